The van der Waals surface area contributed by atoms with Gasteiger partial charge in [0.05, 0.1) is 16.5 Å². The lowest BCUT2D eigenvalue weighted by Gasteiger charge is -2.22. The lowest BCUT2D eigenvalue weighted by atomic mass is 9.98. The Morgan fingerprint density at radius 2 is 2.00 bits per heavy atom. The predicted molar refractivity (Wildman–Crippen MR) is 84.7 cm³/mol. The minimum Gasteiger partial charge on any atom is -0.452 e. The number of rotatable bonds is 6. The SMILES string of the molecule is CC(C#N)(NC(=O)COC(=O)c1ccccc1S(C)(=O)=O)C1CC1. The first-order valence-corrected chi connectivity index (χ1v) is 9.25. The lowest BCUT2D eigenvalue weighted by molar-refractivity contribution is -0.125. The molecule has 0 saturated heterocycles. The summed E-state index contributed by atoms with van der Waals surface area (Å²) in [6, 6.07) is 7.68. The van der Waals surface area contributed by atoms with Crippen molar-refractivity contribution in [3.05, 3.63) is 29.8 Å². The molecule has 1 amide bonds. The van der Waals surface area contributed by atoms with Crippen LogP contribution in [-0.2, 0) is 19.4 Å². The zero-order valence-electron chi connectivity index (χ0n) is 13.4. The Hall–Kier alpha value is -2.40. The van der Waals surface area contributed by atoms with Gasteiger partial charge < -0.3 is 10.1 Å². The van der Waals surface area contributed by atoms with Crippen LogP contribution in [0.1, 0.15) is 30.1 Å². The summed E-state index contributed by atoms with van der Waals surface area (Å²) in [7, 11) is -3.60. The highest BCUT2D eigenvalue weighted by Crippen LogP contribution is 2.39. The van der Waals surface area contributed by atoms with Crippen molar-refractivity contribution >= 4 is 21.7 Å². The fraction of sp³-hybridized carbons (Fsp3) is 0.438. The van der Waals surface area contributed by atoms with E-state index in [1.807, 2.05) is 0 Å². The van der Waals surface area contributed by atoms with Crippen LogP contribution in [0.4, 0.5) is 0 Å². The monoisotopic (exact) mass is 350 g/mol. The molecule has 0 aromatic heterocycles. The van der Waals surface area contributed by atoms with Crippen molar-refractivity contribution < 1.29 is 22.7 Å². The molecule has 0 heterocycles. The van der Waals surface area contributed by atoms with Crippen molar-refractivity contribution in [2.75, 3.05) is 12.9 Å². The Bertz CT molecular complexity index is 808. The van der Waals surface area contributed by atoms with E-state index in [1.165, 1.54) is 24.3 Å². The third-order valence-electron chi connectivity index (χ3n) is 3.87. The number of ether oxygens (including phenoxy) is 1. The standard InChI is InChI=1S/C16H18N2O5S/c1-16(10-17,11-7-8-11)18-14(19)9-23-15(20)12-5-3-4-6-13(12)24(2,21)22/h3-6,11H,7-9H2,1-2H3,(H,18,19). The highest BCUT2D eigenvalue weighted by atomic mass is 32.2. The summed E-state index contributed by atoms with van der Waals surface area (Å²) in [4.78, 5) is 23.8. The smallest absolute Gasteiger partial charge is 0.339 e. The maximum absolute atomic E-state index is 12.1. The van der Waals surface area contributed by atoms with E-state index in [2.05, 4.69) is 11.4 Å². The molecule has 1 fully saturated rings. The van der Waals surface area contributed by atoms with Gasteiger partial charge in [-0.1, -0.05) is 12.1 Å². The van der Waals surface area contributed by atoms with Gasteiger partial charge in [0.25, 0.3) is 5.91 Å². The third-order valence-corrected chi connectivity index (χ3v) is 5.02. The topological polar surface area (TPSA) is 113 Å². The number of nitrogens with zero attached hydrogens (tertiary/aromatic N) is 1. The molecule has 0 bridgehead atoms. The molecular formula is C16H18N2O5S. The molecule has 0 aliphatic heterocycles. The summed E-state index contributed by atoms with van der Waals surface area (Å²) in [6.45, 7) is 1.05. The number of benzene rings is 1. The van der Waals surface area contributed by atoms with Crippen LogP contribution in [0.5, 0.6) is 0 Å². The van der Waals surface area contributed by atoms with Crippen molar-refractivity contribution in [1.29, 1.82) is 5.26 Å². The number of nitrogens with one attached hydrogen (secondary N) is 1. The van der Waals surface area contributed by atoms with Gasteiger partial charge >= 0.3 is 5.97 Å². The molecule has 1 unspecified atom stereocenters. The highest BCUT2D eigenvalue weighted by Gasteiger charge is 2.43. The summed E-state index contributed by atoms with van der Waals surface area (Å²) in [5.74, 6) is -1.40. The fourth-order valence-corrected chi connectivity index (χ4v) is 3.25. The third kappa shape index (κ3) is 4.11. The van der Waals surface area contributed by atoms with Crippen LogP contribution < -0.4 is 5.32 Å². The number of carbonyl (C=O) groups is 2. The van der Waals surface area contributed by atoms with Crippen LogP contribution in [0.2, 0.25) is 0 Å². The number of hydrogen-bond donors (Lipinski definition) is 1. The lowest BCUT2D eigenvalue weighted by Crippen LogP contribution is -2.48. The molecule has 2 rings (SSSR count). The first-order valence-electron chi connectivity index (χ1n) is 7.36. The zero-order chi connectivity index (χ0) is 18.0. The molecular weight excluding hydrogens is 332 g/mol. The van der Waals surface area contributed by atoms with Crippen molar-refractivity contribution in [2.24, 2.45) is 5.92 Å². The van der Waals surface area contributed by atoms with E-state index in [-0.39, 0.29) is 16.4 Å². The van der Waals surface area contributed by atoms with E-state index < -0.39 is 33.9 Å². The van der Waals surface area contributed by atoms with Crippen LogP contribution in [0.25, 0.3) is 0 Å². The van der Waals surface area contributed by atoms with E-state index in [0.717, 1.165) is 19.1 Å². The second-order valence-corrected chi connectivity index (χ2v) is 7.97. The molecule has 1 atom stereocenters. The van der Waals surface area contributed by atoms with E-state index in [1.54, 1.807) is 6.92 Å². The van der Waals surface area contributed by atoms with Gasteiger partial charge in [0.1, 0.15) is 5.54 Å². The van der Waals surface area contributed by atoms with Crippen LogP contribution in [-0.4, -0.2) is 38.7 Å². The second kappa shape index (κ2) is 6.61. The summed E-state index contributed by atoms with van der Waals surface area (Å²) in [5, 5.41) is 11.7. The molecule has 1 aliphatic carbocycles. The molecule has 0 spiro atoms. The average molecular weight is 350 g/mol. The Kier molecular flexibility index (Phi) is 4.94. The summed E-state index contributed by atoms with van der Waals surface area (Å²) in [5.41, 5.74) is -1.10. The maximum atomic E-state index is 12.1. The highest BCUT2D eigenvalue weighted by molar-refractivity contribution is 7.90. The quantitative estimate of drug-likeness (QED) is 0.767. The molecule has 1 aromatic carbocycles. The summed E-state index contributed by atoms with van der Waals surface area (Å²) >= 11 is 0. The Morgan fingerprint density at radius 1 is 1.38 bits per heavy atom. The van der Waals surface area contributed by atoms with E-state index in [0.29, 0.717) is 0 Å². The van der Waals surface area contributed by atoms with Gasteiger partial charge in [-0.3, -0.25) is 4.79 Å². The predicted octanol–water partition coefficient (Wildman–Crippen LogP) is 1.06. The van der Waals surface area contributed by atoms with Gasteiger partial charge in [-0.05, 0) is 37.8 Å². The van der Waals surface area contributed by atoms with Crippen molar-refractivity contribution in [2.45, 2.75) is 30.2 Å². The number of sulfone groups is 1. The molecule has 7 nitrogen and oxygen atoms in total. The molecule has 24 heavy (non-hydrogen) atoms. The average Bonchev–Trinajstić information content (AvgIpc) is 3.37. The number of esters is 1. The van der Waals surface area contributed by atoms with Crippen LogP contribution in [0.15, 0.2) is 29.2 Å². The Balaban J connectivity index is 2.02. The normalized spacial score (nSPS) is 16.5. The van der Waals surface area contributed by atoms with Crippen LogP contribution in [0.3, 0.4) is 0 Å². The number of hydrogen-bond acceptors (Lipinski definition) is 6. The zero-order valence-corrected chi connectivity index (χ0v) is 14.2. The Labute approximate surface area is 140 Å². The van der Waals surface area contributed by atoms with Gasteiger partial charge in [0.2, 0.25) is 0 Å². The van der Waals surface area contributed by atoms with Gasteiger partial charge in [-0.2, -0.15) is 5.26 Å². The molecule has 1 N–H and O–H groups in total. The van der Waals surface area contributed by atoms with Gasteiger partial charge in [-0.25, -0.2) is 13.2 Å². The van der Waals surface area contributed by atoms with Crippen molar-refractivity contribution in [3.63, 3.8) is 0 Å². The second-order valence-electron chi connectivity index (χ2n) is 5.98. The molecule has 128 valence electrons. The molecule has 1 aromatic rings. The van der Waals surface area contributed by atoms with E-state index in [9.17, 15) is 23.3 Å². The van der Waals surface area contributed by atoms with Crippen LogP contribution >= 0.6 is 0 Å². The minimum absolute atomic E-state index is 0.105. The van der Waals surface area contributed by atoms with Crippen molar-refractivity contribution in [1.82, 2.24) is 5.32 Å². The van der Waals surface area contributed by atoms with Gasteiger partial charge in [-0.15, -0.1) is 0 Å². The Morgan fingerprint density at radius 3 is 2.54 bits per heavy atom. The summed E-state index contributed by atoms with van der Waals surface area (Å²) in [6.07, 6.45) is 2.72. The molecule has 0 radical (unpaired) electrons. The fourth-order valence-electron chi connectivity index (χ4n) is 2.38. The largest absolute Gasteiger partial charge is 0.452 e. The first kappa shape index (κ1) is 17.9. The van der Waals surface area contributed by atoms with E-state index in [4.69, 9.17) is 4.74 Å². The minimum atomic E-state index is -3.60. The number of nitriles is 1. The van der Waals surface area contributed by atoms with Crippen molar-refractivity contribution in [3.8, 4) is 6.07 Å². The van der Waals surface area contributed by atoms with Gasteiger partial charge in [0.15, 0.2) is 16.4 Å². The molecule has 8 heteroatoms. The summed E-state index contributed by atoms with van der Waals surface area (Å²) < 4.78 is 28.3. The van der Waals surface area contributed by atoms with Crippen LogP contribution in [0, 0.1) is 17.2 Å². The molecule has 1 saturated carbocycles. The first-order chi connectivity index (χ1) is 11.2. The van der Waals surface area contributed by atoms with E-state index >= 15 is 0 Å². The number of amides is 1. The maximum Gasteiger partial charge on any atom is 0.339 e. The number of carbonyl (C=O) groups excluding carboxylic acids is 2. The molecule has 1 aliphatic rings. The van der Waals surface area contributed by atoms with Gasteiger partial charge in [0, 0.05) is 6.26 Å².